The van der Waals surface area contributed by atoms with Gasteiger partial charge in [-0.2, -0.15) is 0 Å². The van der Waals surface area contributed by atoms with Crippen molar-refractivity contribution in [3.05, 3.63) is 56.0 Å². The molecule has 0 spiro atoms. The molecule has 0 saturated carbocycles. The average molecular weight is 470 g/mol. The molecule has 1 aliphatic rings. The number of fused-ring (bicyclic) bond motifs is 1. The first-order valence-corrected chi connectivity index (χ1v) is 9.73. The third-order valence-electron chi connectivity index (χ3n) is 4.35. The summed E-state index contributed by atoms with van der Waals surface area (Å²) in [7, 11) is 0. The number of ketones is 1. The largest absolute Gasteiger partial charge is 0.323 e. The van der Waals surface area contributed by atoms with Crippen molar-refractivity contribution in [1.82, 2.24) is 0 Å². The molecule has 3 rings (SSSR count). The number of anilines is 2. The lowest BCUT2D eigenvalue weighted by Crippen LogP contribution is -2.46. The molecule has 2 amide bonds. The second-order valence-corrected chi connectivity index (χ2v) is 7.92. The van der Waals surface area contributed by atoms with Gasteiger partial charge in [-0.15, -0.1) is 0 Å². The number of rotatable bonds is 4. The zero-order chi connectivity index (χ0) is 19.9. The quantitative estimate of drug-likeness (QED) is 0.640. The fourth-order valence-corrected chi connectivity index (χ4v) is 4.17. The molecule has 2 aromatic carbocycles. The molecular weight excluding hydrogens is 455 g/mol. The van der Waals surface area contributed by atoms with Crippen molar-refractivity contribution < 1.29 is 14.4 Å². The molecule has 1 aliphatic heterocycles. The number of amides is 2. The van der Waals surface area contributed by atoms with E-state index in [1.165, 1.54) is 11.0 Å². The van der Waals surface area contributed by atoms with Gasteiger partial charge in [-0.25, -0.2) is 0 Å². The van der Waals surface area contributed by atoms with Gasteiger partial charge in [0.25, 0.3) is 11.7 Å². The van der Waals surface area contributed by atoms with Crippen molar-refractivity contribution in [3.63, 3.8) is 0 Å². The van der Waals surface area contributed by atoms with E-state index >= 15 is 0 Å². The van der Waals surface area contributed by atoms with Gasteiger partial charge in [0.05, 0.1) is 22.0 Å². The number of nitrogens with one attached hydrogen (secondary N) is 1. The topological polar surface area (TPSA) is 66.5 Å². The molecular formula is C19H15BrCl2N2O3. The number of hydrogen-bond acceptors (Lipinski definition) is 3. The van der Waals surface area contributed by atoms with Crippen LogP contribution in [0.1, 0.15) is 29.3 Å². The van der Waals surface area contributed by atoms with Gasteiger partial charge in [0.2, 0.25) is 5.91 Å². The van der Waals surface area contributed by atoms with Crippen LogP contribution in [0.25, 0.3) is 0 Å². The van der Waals surface area contributed by atoms with Crippen LogP contribution >= 0.6 is 39.1 Å². The van der Waals surface area contributed by atoms with Crippen LogP contribution in [0, 0.1) is 6.92 Å². The minimum absolute atomic E-state index is 0.287. The second kappa shape index (κ2) is 7.62. The fourth-order valence-electron chi connectivity index (χ4n) is 3.14. The summed E-state index contributed by atoms with van der Waals surface area (Å²) in [5.41, 5.74) is 1.88. The number of hydrogen-bond donors (Lipinski definition) is 1. The highest BCUT2D eigenvalue weighted by Crippen LogP contribution is 2.37. The number of carbonyl (C=O) groups excluding carboxylic acids is 3. The monoisotopic (exact) mass is 468 g/mol. The minimum Gasteiger partial charge on any atom is -0.323 e. The molecule has 1 N–H and O–H groups in total. The summed E-state index contributed by atoms with van der Waals surface area (Å²) in [4.78, 5) is 39.2. The maximum Gasteiger partial charge on any atom is 0.300 e. The molecule has 27 heavy (non-hydrogen) atoms. The number of Topliss-reactive ketones (excluding diaryl/α,β-unsaturated/α-hetero) is 1. The molecule has 0 fully saturated rings. The highest BCUT2D eigenvalue weighted by Gasteiger charge is 2.43. The summed E-state index contributed by atoms with van der Waals surface area (Å²) < 4.78 is 0.701. The molecule has 0 aliphatic carbocycles. The Morgan fingerprint density at radius 3 is 2.56 bits per heavy atom. The molecule has 0 aromatic heterocycles. The number of aryl methyl sites for hydroxylation is 1. The van der Waals surface area contributed by atoms with Crippen LogP contribution in [0.4, 0.5) is 11.4 Å². The Morgan fingerprint density at radius 2 is 1.93 bits per heavy atom. The van der Waals surface area contributed by atoms with E-state index in [0.717, 1.165) is 5.56 Å². The number of benzene rings is 2. The third kappa shape index (κ3) is 3.61. The van der Waals surface area contributed by atoms with Crippen molar-refractivity contribution >= 4 is 68.1 Å². The van der Waals surface area contributed by atoms with Gasteiger partial charge in [-0.05, 0) is 49.2 Å². The Hall–Kier alpha value is -1.89. The van der Waals surface area contributed by atoms with Crippen LogP contribution in [-0.2, 0) is 9.59 Å². The van der Waals surface area contributed by atoms with Crippen molar-refractivity contribution in [2.24, 2.45) is 0 Å². The summed E-state index contributed by atoms with van der Waals surface area (Å²) in [5.74, 6) is -1.77. The predicted molar refractivity (Wildman–Crippen MR) is 110 cm³/mol. The Balaban J connectivity index is 1.97. The number of nitrogens with zero attached hydrogens (tertiary/aromatic N) is 1. The Kier molecular flexibility index (Phi) is 5.60. The van der Waals surface area contributed by atoms with Crippen LogP contribution in [0.15, 0.2) is 34.8 Å². The third-order valence-corrected chi connectivity index (χ3v) is 5.36. The zero-order valence-electron chi connectivity index (χ0n) is 14.5. The molecule has 0 saturated heterocycles. The molecule has 1 unspecified atom stereocenters. The highest BCUT2D eigenvalue weighted by molar-refractivity contribution is 9.10. The standard InChI is InChI=1S/C19H15BrCl2N2O3/c1-3-15(18(26)23-14-5-4-11(21)8-13(14)22)24-16-9(2)6-10(20)7-12(16)17(25)19(24)27/h4-8,15H,3H2,1-2H3,(H,23,26). The second-order valence-electron chi connectivity index (χ2n) is 6.16. The lowest BCUT2D eigenvalue weighted by molar-refractivity contribution is -0.121. The van der Waals surface area contributed by atoms with Crippen LogP contribution in [0.3, 0.4) is 0 Å². The first-order chi connectivity index (χ1) is 12.7. The SMILES string of the molecule is CCC(C(=O)Nc1ccc(Cl)cc1Cl)N1C(=O)C(=O)c2cc(Br)cc(C)c21. The van der Waals surface area contributed by atoms with Crippen molar-refractivity contribution in [2.45, 2.75) is 26.3 Å². The Labute approximate surface area is 174 Å². The van der Waals surface area contributed by atoms with Gasteiger partial charge in [0.1, 0.15) is 6.04 Å². The summed E-state index contributed by atoms with van der Waals surface area (Å²) in [6.07, 6.45) is 0.324. The lowest BCUT2D eigenvalue weighted by Gasteiger charge is -2.27. The smallest absolute Gasteiger partial charge is 0.300 e. The van der Waals surface area contributed by atoms with E-state index < -0.39 is 23.6 Å². The average Bonchev–Trinajstić information content (AvgIpc) is 2.84. The molecule has 8 heteroatoms. The number of halogens is 3. The molecule has 2 aromatic rings. The van der Waals surface area contributed by atoms with E-state index in [9.17, 15) is 14.4 Å². The molecule has 1 heterocycles. The first kappa shape index (κ1) is 19.9. The summed E-state index contributed by atoms with van der Waals surface area (Å²) >= 11 is 15.3. The van der Waals surface area contributed by atoms with Crippen LogP contribution < -0.4 is 10.2 Å². The molecule has 0 radical (unpaired) electrons. The van der Waals surface area contributed by atoms with Gasteiger partial charge in [0, 0.05) is 9.50 Å². The maximum atomic E-state index is 12.9. The lowest BCUT2D eigenvalue weighted by atomic mass is 10.1. The van der Waals surface area contributed by atoms with E-state index in [4.69, 9.17) is 23.2 Å². The highest BCUT2D eigenvalue weighted by atomic mass is 79.9. The van der Waals surface area contributed by atoms with Gasteiger partial charge in [-0.3, -0.25) is 19.3 Å². The van der Waals surface area contributed by atoms with Crippen molar-refractivity contribution in [1.29, 1.82) is 0 Å². The predicted octanol–water partition coefficient (Wildman–Crippen LogP) is 5.01. The maximum absolute atomic E-state index is 12.9. The van der Waals surface area contributed by atoms with Gasteiger partial charge < -0.3 is 5.32 Å². The van der Waals surface area contributed by atoms with E-state index in [-0.39, 0.29) is 5.02 Å². The van der Waals surface area contributed by atoms with Gasteiger partial charge in [-0.1, -0.05) is 46.1 Å². The van der Waals surface area contributed by atoms with Gasteiger partial charge in [0.15, 0.2) is 0 Å². The Bertz CT molecular complexity index is 978. The van der Waals surface area contributed by atoms with E-state index in [2.05, 4.69) is 21.2 Å². The van der Waals surface area contributed by atoms with Crippen molar-refractivity contribution in [3.8, 4) is 0 Å². The van der Waals surface area contributed by atoms with E-state index in [1.54, 1.807) is 38.1 Å². The van der Waals surface area contributed by atoms with Crippen molar-refractivity contribution in [2.75, 3.05) is 10.2 Å². The summed E-state index contributed by atoms with van der Waals surface area (Å²) in [6, 6.07) is 7.26. The van der Waals surface area contributed by atoms with Crippen LogP contribution in [0.5, 0.6) is 0 Å². The molecule has 140 valence electrons. The number of carbonyl (C=O) groups is 3. The minimum atomic E-state index is -0.852. The zero-order valence-corrected chi connectivity index (χ0v) is 17.6. The summed E-state index contributed by atoms with van der Waals surface area (Å²) in [6.45, 7) is 3.57. The fraction of sp³-hybridized carbons (Fsp3) is 0.211. The van der Waals surface area contributed by atoms with Crippen LogP contribution in [-0.4, -0.2) is 23.6 Å². The van der Waals surface area contributed by atoms with E-state index in [1.807, 2.05) is 0 Å². The van der Waals surface area contributed by atoms with Gasteiger partial charge >= 0.3 is 0 Å². The van der Waals surface area contributed by atoms with E-state index in [0.29, 0.717) is 32.9 Å². The molecule has 1 atom stereocenters. The normalized spacial score (nSPS) is 14.3. The summed E-state index contributed by atoms with van der Waals surface area (Å²) in [5, 5.41) is 3.45. The Morgan fingerprint density at radius 1 is 1.22 bits per heavy atom. The first-order valence-electron chi connectivity index (χ1n) is 8.18. The molecule has 0 bridgehead atoms. The molecule has 5 nitrogen and oxygen atoms in total. The van der Waals surface area contributed by atoms with Crippen LogP contribution in [0.2, 0.25) is 10.0 Å².